The van der Waals surface area contributed by atoms with Gasteiger partial charge in [0.2, 0.25) is 0 Å². The van der Waals surface area contributed by atoms with Gasteiger partial charge in [-0.1, -0.05) is 36.8 Å². The number of carbonyl (C=O) groups excluding carboxylic acids is 2. The van der Waals surface area contributed by atoms with Crippen molar-refractivity contribution >= 4 is 28.3 Å². The molecule has 4 unspecified atom stereocenters. The second-order valence-corrected chi connectivity index (χ2v) is 10.3. The van der Waals surface area contributed by atoms with Crippen LogP contribution in [-0.2, 0) is 4.79 Å². The molecule has 3 aromatic rings. The number of ether oxygens (including phenoxy) is 2. The molecule has 3 aromatic carbocycles. The zero-order chi connectivity index (χ0) is 25.2. The van der Waals surface area contributed by atoms with Crippen molar-refractivity contribution < 1.29 is 19.1 Å². The van der Waals surface area contributed by atoms with E-state index in [9.17, 15) is 9.59 Å². The first-order chi connectivity index (χ1) is 17.4. The molecule has 6 heteroatoms. The molecule has 0 spiro atoms. The Balaban J connectivity index is 1.32. The summed E-state index contributed by atoms with van der Waals surface area (Å²) in [6.07, 6.45) is 5.15. The molecule has 0 saturated heterocycles. The molecular formula is C30H34N2O4. The molecule has 6 nitrogen and oxygen atoms in total. The van der Waals surface area contributed by atoms with E-state index in [-0.39, 0.29) is 24.5 Å². The van der Waals surface area contributed by atoms with E-state index in [4.69, 9.17) is 9.47 Å². The fourth-order valence-electron chi connectivity index (χ4n) is 6.08. The normalized spacial score (nSPS) is 21.2. The van der Waals surface area contributed by atoms with Crippen LogP contribution in [0.15, 0.2) is 54.6 Å². The van der Waals surface area contributed by atoms with Gasteiger partial charge in [-0.25, -0.2) is 0 Å². The Morgan fingerprint density at radius 1 is 1.00 bits per heavy atom. The summed E-state index contributed by atoms with van der Waals surface area (Å²) in [4.78, 5) is 26.2. The lowest BCUT2D eigenvalue weighted by molar-refractivity contribution is -0.124. The highest BCUT2D eigenvalue weighted by Crippen LogP contribution is 2.49. The Morgan fingerprint density at radius 2 is 1.78 bits per heavy atom. The first kappa shape index (κ1) is 24.2. The van der Waals surface area contributed by atoms with E-state index in [0.717, 1.165) is 28.2 Å². The lowest BCUT2D eigenvalue weighted by Crippen LogP contribution is -2.42. The van der Waals surface area contributed by atoms with Gasteiger partial charge in [-0.05, 0) is 91.5 Å². The highest BCUT2D eigenvalue weighted by atomic mass is 16.5. The molecule has 5 rings (SSSR count). The topological polar surface area (TPSA) is 76.7 Å². The molecule has 2 amide bonds. The first-order valence-electron chi connectivity index (χ1n) is 12.8. The number of hydrogen-bond donors (Lipinski definition) is 2. The Labute approximate surface area is 212 Å². The smallest absolute Gasteiger partial charge is 0.259 e. The number of rotatable bonds is 8. The van der Waals surface area contributed by atoms with Gasteiger partial charge in [0.05, 0.1) is 18.4 Å². The third-order valence-corrected chi connectivity index (χ3v) is 7.88. The number of methoxy groups -OCH3 is 1. The van der Waals surface area contributed by atoms with Crippen LogP contribution in [0.4, 0.5) is 5.69 Å². The number of benzene rings is 3. The predicted molar refractivity (Wildman–Crippen MR) is 142 cm³/mol. The van der Waals surface area contributed by atoms with Crippen molar-refractivity contribution in [3.63, 3.8) is 0 Å². The van der Waals surface area contributed by atoms with Crippen molar-refractivity contribution in [2.45, 2.75) is 45.6 Å². The number of fused-ring (bicyclic) bond motifs is 3. The molecule has 2 aliphatic rings. The van der Waals surface area contributed by atoms with Crippen molar-refractivity contribution in [3.8, 4) is 11.5 Å². The standard InChI is InChI=1S/C30H34N2O4/c1-18-8-11-27(35-3)26(12-18)32-30(34)25-15-21-6-4-5-7-22(21)16-28(25)36-17-29(33)31-19(2)24-14-20-9-10-23(24)13-20/h4-8,11-12,15-16,19-20,23-24H,9-10,13-14,17H2,1-3H3,(H,31,33)(H,32,34). The van der Waals surface area contributed by atoms with E-state index in [2.05, 4.69) is 17.6 Å². The summed E-state index contributed by atoms with van der Waals surface area (Å²) in [5.41, 5.74) is 1.95. The number of hydrogen-bond acceptors (Lipinski definition) is 4. The van der Waals surface area contributed by atoms with E-state index in [1.807, 2.05) is 55.5 Å². The first-order valence-corrected chi connectivity index (χ1v) is 12.8. The van der Waals surface area contributed by atoms with E-state index in [1.165, 1.54) is 25.7 Å². The summed E-state index contributed by atoms with van der Waals surface area (Å²) in [5, 5.41) is 7.95. The van der Waals surface area contributed by atoms with Crippen LogP contribution in [0.1, 0.15) is 48.5 Å². The predicted octanol–water partition coefficient (Wildman–Crippen LogP) is 5.73. The van der Waals surface area contributed by atoms with Crippen molar-refractivity contribution in [3.05, 3.63) is 65.7 Å². The highest BCUT2D eigenvalue weighted by molar-refractivity contribution is 6.09. The van der Waals surface area contributed by atoms with Crippen LogP contribution < -0.4 is 20.1 Å². The fraction of sp³-hybridized carbons (Fsp3) is 0.400. The van der Waals surface area contributed by atoms with E-state index < -0.39 is 0 Å². The Kier molecular flexibility index (Phi) is 6.86. The molecule has 188 valence electrons. The molecule has 36 heavy (non-hydrogen) atoms. The largest absolute Gasteiger partial charge is 0.495 e. The lowest BCUT2D eigenvalue weighted by atomic mass is 9.84. The maximum absolute atomic E-state index is 13.4. The number of aryl methyl sites for hydroxylation is 1. The summed E-state index contributed by atoms with van der Waals surface area (Å²) < 4.78 is 11.4. The Morgan fingerprint density at radius 3 is 2.47 bits per heavy atom. The Hall–Kier alpha value is -3.54. The second kappa shape index (κ2) is 10.2. The quantitative estimate of drug-likeness (QED) is 0.426. The van der Waals surface area contributed by atoms with Crippen LogP contribution >= 0.6 is 0 Å². The summed E-state index contributed by atoms with van der Waals surface area (Å²) in [6.45, 7) is 3.92. The van der Waals surface area contributed by atoms with E-state index in [0.29, 0.717) is 28.7 Å². The molecule has 0 aliphatic heterocycles. The third kappa shape index (κ3) is 5.03. The van der Waals surface area contributed by atoms with Crippen LogP contribution in [0, 0.1) is 24.7 Å². The molecule has 2 fully saturated rings. The number of nitrogens with one attached hydrogen (secondary N) is 2. The van der Waals surface area contributed by atoms with E-state index in [1.54, 1.807) is 13.2 Å². The van der Waals surface area contributed by atoms with Crippen LogP contribution in [0.2, 0.25) is 0 Å². The molecule has 0 aromatic heterocycles. The summed E-state index contributed by atoms with van der Waals surface area (Å²) in [5.74, 6) is 2.59. The minimum Gasteiger partial charge on any atom is -0.495 e. The SMILES string of the molecule is COc1ccc(C)cc1NC(=O)c1cc2ccccc2cc1OCC(=O)NC(C)C1CC2CCC1C2. The van der Waals surface area contributed by atoms with Crippen LogP contribution in [0.5, 0.6) is 11.5 Å². The van der Waals surface area contributed by atoms with Gasteiger partial charge in [0.25, 0.3) is 11.8 Å². The fourth-order valence-corrected chi connectivity index (χ4v) is 6.08. The van der Waals surface area contributed by atoms with Crippen LogP contribution in [0.25, 0.3) is 10.8 Å². The minimum atomic E-state index is -0.324. The van der Waals surface area contributed by atoms with Crippen molar-refractivity contribution in [1.29, 1.82) is 0 Å². The second-order valence-electron chi connectivity index (χ2n) is 10.3. The lowest BCUT2D eigenvalue weighted by Gasteiger charge is -2.28. The van der Waals surface area contributed by atoms with Crippen LogP contribution in [0.3, 0.4) is 0 Å². The maximum atomic E-state index is 13.4. The minimum absolute atomic E-state index is 0.129. The summed E-state index contributed by atoms with van der Waals surface area (Å²) >= 11 is 0. The van der Waals surface area contributed by atoms with Crippen molar-refractivity contribution in [2.24, 2.45) is 17.8 Å². The molecule has 2 aliphatic carbocycles. The maximum Gasteiger partial charge on any atom is 0.259 e. The molecular weight excluding hydrogens is 452 g/mol. The van der Waals surface area contributed by atoms with Crippen molar-refractivity contribution in [2.75, 3.05) is 19.0 Å². The van der Waals surface area contributed by atoms with Gasteiger partial charge in [-0.3, -0.25) is 9.59 Å². The number of amides is 2. The zero-order valence-corrected chi connectivity index (χ0v) is 21.2. The van der Waals surface area contributed by atoms with Gasteiger partial charge in [-0.2, -0.15) is 0 Å². The summed E-state index contributed by atoms with van der Waals surface area (Å²) in [6, 6.07) is 17.2. The summed E-state index contributed by atoms with van der Waals surface area (Å²) in [7, 11) is 1.57. The zero-order valence-electron chi connectivity index (χ0n) is 21.2. The molecule has 2 N–H and O–H groups in total. The molecule has 0 heterocycles. The average Bonchev–Trinajstić information content (AvgIpc) is 3.51. The Bertz CT molecular complexity index is 1290. The third-order valence-electron chi connectivity index (χ3n) is 7.88. The van der Waals surface area contributed by atoms with Gasteiger partial charge in [0.15, 0.2) is 6.61 Å². The van der Waals surface area contributed by atoms with Gasteiger partial charge >= 0.3 is 0 Å². The molecule has 2 saturated carbocycles. The number of anilines is 1. The van der Waals surface area contributed by atoms with Gasteiger partial charge in [0, 0.05) is 6.04 Å². The molecule has 2 bridgehead atoms. The number of carbonyl (C=O) groups is 2. The van der Waals surface area contributed by atoms with Gasteiger partial charge < -0.3 is 20.1 Å². The van der Waals surface area contributed by atoms with Crippen molar-refractivity contribution in [1.82, 2.24) is 5.32 Å². The average molecular weight is 487 g/mol. The van der Waals surface area contributed by atoms with Gasteiger partial charge in [-0.15, -0.1) is 0 Å². The molecule has 4 atom stereocenters. The highest BCUT2D eigenvalue weighted by Gasteiger charge is 2.42. The van der Waals surface area contributed by atoms with Crippen LogP contribution in [-0.4, -0.2) is 31.6 Å². The van der Waals surface area contributed by atoms with E-state index >= 15 is 0 Å². The molecule has 0 radical (unpaired) electrons. The van der Waals surface area contributed by atoms with Gasteiger partial charge in [0.1, 0.15) is 11.5 Å². The monoisotopic (exact) mass is 486 g/mol.